The minimum Gasteiger partial charge on any atom is -0.497 e. The number of aryl methyl sites for hydroxylation is 1. The third-order valence-corrected chi connectivity index (χ3v) is 9.04. The Labute approximate surface area is 237 Å². The van der Waals surface area contributed by atoms with E-state index in [0.717, 1.165) is 41.1 Å². The average molecular weight is 564 g/mol. The molecule has 4 rings (SSSR count). The van der Waals surface area contributed by atoms with Gasteiger partial charge in [-0.3, -0.25) is 13.9 Å². The van der Waals surface area contributed by atoms with Gasteiger partial charge in [0, 0.05) is 18.7 Å². The van der Waals surface area contributed by atoms with Gasteiger partial charge in [-0.2, -0.15) is 0 Å². The van der Waals surface area contributed by atoms with E-state index in [1.54, 1.807) is 49.4 Å². The summed E-state index contributed by atoms with van der Waals surface area (Å²) in [4.78, 5) is 28.9. The summed E-state index contributed by atoms with van der Waals surface area (Å²) in [5.74, 6) is -0.274. The van der Waals surface area contributed by atoms with Gasteiger partial charge >= 0.3 is 0 Å². The minimum atomic E-state index is -4.12. The Morgan fingerprint density at radius 2 is 1.68 bits per heavy atom. The van der Waals surface area contributed by atoms with Crippen LogP contribution in [0.3, 0.4) is 0 Å². The number of ether oxygens (including phenoxy) is 1. The van der Waals surface area contributed by atoms with Crippen molar-refractivity contribution in [1.29, 1.82) is 0 Å². The molecule has 1 saturated carbocycles. The molecule has 2 amide bonds. The largest absolute Gasteiger partial charge is 0.497 e. The van der Waals surface area contributed by atoms with Crippen molar-refractivity contribution in [1.82, 2.24) is 10.2 Å². The number of hydrogen-bond donors (Lipinski definition) is 1. The molecule has 0 aliphatic heterocycles. The molecule has 1 N–H and O–H groups in total. The van der Waals surface area contributed by atoms with Crippen molar-refractivity contribution in [3.05, 3.63) is 90.0 Å². The highest BCUT2D eigenvalue weighted by atomic mass is 32.2. The fourth-order valence-electron chi connectivity index (χ4n) is 5.00. The highest BCUT2D eigenvalue weighted by molar-refractivity contribution is 7.92. The van der Waals surface area contributed by atoms with E-state index in [4.69, 9.17) is 4.74 Å². The number of sulfonamides is 1. The summed E-state index contributed by atoms with van der Waals surface area (Å²) in [6.45, 7) is 3.33. The van der Waals surface area contributed by atoms with Gasteiger partial charge in [0.2, 0.25) is 11.8 Å². The van der Waals surface area contributed by atoms with Crippen molar-refractivity contribution in [3.8, 4) is 5.75 Å². The van der Waals surface area contributed by atoms with Gasteiger partial charge in [-0.25, -0.2) is 8.42 Å². The molecular weight excluding hydrogens is 526 g/mol. The van der Waals surface area contributed by atoms with E-state index in [1.807, 2.05) is 31.2 Å². The third-order valence-electron chi connectivity index (χ3n) is 7.26. The van der Waals surface area contributed by atoms with Crippen LogP contribution in [0.25, 0.3) is 0 Å². The lowest BCUT2D eigenvalue weighted by Gasteiger charge is -2.32. The van der Waals surface area contributed by atoms with Gasteiger partial charge in [0.05, 0.1) is 17.7 Å². The van der Waals surface area contributed by atoms with Crippen LogP contribution >= 0.6 is 0 Å². The lowest BCUT2D eigenvalue weighted by Crippen LogP contribution is -2.52. The van der Waals surface area contributed by atoms with E-state index in [9.17, 15) is 18.0 Å². The molecule has 0 saturated heterocycles. The monoisotopic (exact) mass is 563 g/mol. The highest BCUT2D eigenvalue weighted by Crippen LogP contribution is 2.28. The Bertz CT molecular complexity index is 1420. The Kier molecular flexibility index (Phi) is 9.47. The van der Waals surface area contributed by atoms with Crippen molar-refractivity contribution in [2.75, 3.05) is 18.0 Å². The number of anilines is 1. The lowest BCUT2D eigenvalue weighted by molar-refractivity contribution is -0.139. The predicted octanol–water partition coefficient (Wildman–Crippen LogP) is 4.68. The van der Waals surface area contributed by atoms with Gasteiger partial charge in [0.25, 0.3) is 10.0 Å². The molecule has 0 bridgehead atoms. The van der Waals surface area contributed by atoms with E-state index >= 15 is 0 Å². The molecule has 1 fully saturated rings. The van der Waals surface area contributed by atoms with Crippen LogP contribution in [0.15, 0.2) is 83.8 Å². The molecule has 9 heteroatoms. The summed E-state index contributed by atoms with van der Waals surface area (Å²) in [5.41, 5.74) is 2.17. The molecule has 3 aromatic rings. The zero-order valence-corrected chi connectivity index (χ0v) is 24.1. The molecule has 0 spiro atoms. The number of carbonyl (C=O) groups is 2. The summed E-state index contributed by atoms with van der Waals surface area (Å²) >= 11 is 0. The van der Waals surface area contributed by atoms with Gasteiger partial charge in [0.1, 0.15) is 18.3 Å². The average Bonchev–Trinajstić information content (AvgIpc) is 3.47. The Morgan fingerprint density at radius 1 is 0.975 bits per heavy atom. The van der Waals surface area contributed by atoms with Crippen LogP contribution in [-0.4, -0.2) is 50.9 Å². The summed E-state index contributed by atoms with van der Waals surface area (Å²) < 4.78 is 34.1. The summed E-state index contributed by atoms with van der Waals surface area (Å²) in [6.07, 6.45) is 3.97. The number of hydrogen-bond acceptors (Lipinski definition) is 5. The normalized spacial score (nSPS) is 14.4. The number of carbonyl (C=O) groups excluding carboxylic acids is 2. The van der Waals surface area contributed by atoms with E-state index in [2.05, 4.69) is 5.32 Å². The molecule has 1 aliphatic carbocycles. The Balaban J connectivity index is 1.69. The number of benzene rings is 3. The molecular formula is C31H37N3O5S. The molecule has 0 aromatic heterocycles. The van der Waals surface area contributed by atoms with Crippen molar-refractivity contribution in [3.63, 3.8) is 0 Å². The maximum Gasteiger partial charge on any atom is 0.264 e. The zero-order chi connectivity index (χ0) is 28.7. The molecule has 3 aromatic carbocycles. The molecule has 1 aliphatic rings. The minimum absolute atomic E-state index is 0.0582. The van der Waals surface area contributed by atoms with Crippen molar-refractivity contribution in [2.45, 2.75) is 63.1 Å². The molecule has 212 valence electrons. The van der Waals surface area contributed by atoms with Crippen LogP contribution in [-0.2, 0) is 26.2 Å². The van der Waals surface area contributed by atoms with Crippen LogP contribution in [0.1, 0.15) is 43.7 Å². The van der Waals surface area contributed by atoms with E-state index in [1.165, 1.54) is 24.1 Å². The van der Waals surface area contributed by atoms with Gasteiger partial charge in [0.15, 0.2) is 0 Å². The predicted molar refractivity (Wildman–Crippen MR) is 156 cm³/mol. The van der Waals surface area contributed by atoms with Gasteiger partial charge in [-0.15, -0.1) is 0 Å². The summed E-state index contributed by atoms with van der Waals surface area (Å²) in [7, 11) is -2.63. The van der Waals surface area contributed by atoms with E-state index < -0.39 is 28.5 Å². The molecule has 0 heterocycles. The van der Waals surface area contributed by atoms with Crippen LogP contribution < -0.4 is 14.4 Å². The molecule has 0 unspecified atom stereocenters. The number of nitrogens with zero attached hydrogens (tertiary/aromatic N) is 2. The number of amides is 2. The first-order chi connectivity index (χ1) is 19.2. The van der Waals surface area contributed by atoms with Crippen molar-refractivity contribution >= 4 is 27.5 Å². The van der Waals surface area contributed by atoms with Crippen LogP contribution in [0, 0.1) is 6.92 Å². The number of nitrogens with one attached hydrogen (secondary N) is 1. The second kappa shape index (κ2) is 13.0. The van der Waals surface area contributed by atoms with E-state index in [-0.39, 0.29) is 29.1 Å². The van der Waals surface area contributed by atoms with Crippen LogP contribution in [0.5, 0.6) is 5.75 Å². The maximum absolute atomic E-state index is 14.0. The second-order valence-corrected chi connectivity index (χ2v) is 12.1. The summed E-state index contributed by atoms with van der Waals surface area (Å²) in [5, 5.41) is 3.09. The molecule has 0 radical (unpaired) electrons. The van der Waals surface area contributed by atoms with Crippen LogP contribution in [0.2, 0.25) is 0 Å². The molecule has 1 atom stereocenters. The topological polar surface area (TPSA) is 96.0 Å². The second-order valence-electron chi connectivity index (χ2n) is 10.2. The first kappa shape index (κ1) is 29.1. The number of rotatable bonds is 11. The van der Waals surface area contributed by atoms with Crippen molar-refractivity contribution < 1.29 is 22.7 Å². The van der Waals surface area contributed by atoms with Gasteiger partial charge in [-0.05, 0) is 56.5 Å². The fraction of sp³-hybridized carbons (Fsp3) is 0.355. The molecule has 40 heavy (non-hydrogen) atoms. The Morgan fingerprint density at radius 3 is 2.35 bits per heavy atom. The SMILES string of the molecule is COc1cccc(N(CC(=O)N(Cc2cccc(C)c2)[C@H](C)C(=O)NC2CCCC2)S(=O)(=O)c2ccccc2)c1. The quantitative estimate of drug-likeness (QED) is 0.366. The lowest BCUT2D eigenvalue weighted by atomic mass is 10.1. The first-order valence-electron chi connectivity index (χ1n) is 13.6. The number of methoxy groups -OCH3 is 1. The van der Waals surface area contributed by atoms with Crippen LogP contribution in [0.4, 0.5) is 5.69 Å². The standard InChI is InChI=1S/C31H37N3O5S/c1-23-11-9-12-25(19-23)21-33(24(2)31(36)32-26-13-7-8-14-26)30(35)22-34(27-15-10-16-28(20-27)39-3)40(37,38)29-17-5-4-6-18-29/h4-6,9-12,15-20,24,26H,7-8,13-14,21-22H2,1-3H3,(H,32,36)/t24-/m1/s1. The Hall–Kier alpha value is -3.85. The van der Waals surface area contributed by atoms with Gasteiger partial charge in [-0.1, -0.05) is 66.9 Å². The smallest absolute Gasteiger partial charge is 0.264 e. The van der Waals surface area contributed by atoms with Gasteiger partial charge < -0.3 is 15.0 Å². The van der Waals surface area contributed by atoms with Crippen molar-refractivity contribution in [2.24, 2.45) is 0 Å². The first-order valence-corrected chi connectivity index (χ1v) is 15.0. The maximum atomic E-state index is 14.0. The highest BCUT2D eigenvalue weighted by Gasteiger charge is 2.33. The zero-order valence-electron chi connectivity index (χ0n) is 23.2. The third kappa shape index (κ3) is 7.01. The summed E-state index contributed by atoms with van der Waals surface area (Å²) in [6, 6.07) is 21.6. The van der Waals surface area contributed by atoms with E-state index in [0.29, 0.717) is 5.75 Å². The fourth-order valence-corrected chi connectivity index (χ4v) is 6.42. The molecule has 8 nitrogen and oxygen atoms in total.